The molecule has 15 heavy (non-hydrogen) atoms. The molecule has 1 heterocycles. The number of aromatic amines is 1. The molecule has 1 N–H and O–H groups in total. The SMILES string of the molecule is Cc1ncc(S(=O)(=O)N(C)C2CCC2)[nH]1. The second kappa shape index (κ2) is 3.61. The van der Waals surface area contributed by atoms with Gasteiger partial charge in [0.2, 0.25) is 0 Å². The molecule has 0 bridgehead atoms. The first-order valence-electron chi connectivity index (χ1n) is 5.01. The molecule has 1 fully saturated rings. The lowest BCUT2D eigenvalue weighted by atomic mass is 9.94. The molecule has 0 atom stereocenters. The Morgan fingerprint density at radius 3 is 2.60 bits per heavy atom. The predicted molar refractivity (Wildman–Crippen MR) is 55.9 cm³/mol. The summed E-state index contributed by atoms with van der Waals surface area (Å²) in [6, 6.07) is 0.165. The number of nitrogens with zero attached hydrogens (tertiary/aromatic N) is 2. The van der Waals surface area contributed by atoms with Crippen molar-refractivity contribution in [3.63, 3.8) is 0 Å². The van der Waals surface area contributed by atoms with Crippen LogP contribution in [0.3, 0.4) is 0 Å². The minimum Gasteiger partial charge on any atom is -0.332 e. The molecule has 1 aromatic rings. The average Bonchev–Trinajstić information content (AvgIpc) is 2.49. The van der Waals surface area contributed by atoms with E-state index in [4.69, 9.17) is 0 Å². The molecule has 0 saturated heterocycles. The van der Waals surface area contributed by atoms with Gasteiger partial charge in [-0.05, 0) is 19.8 Å². The lowest BCUT2D eigenvalue weighted by Crippen LogP contribution is -2.41. The van der Waals surface area contributed by atoms with E-state index in [2.05, 4.69) is 9.97 Å². The molecule has 1 aliphatic carbocycles. The summed E-state index contributed by atoms with van der Waals surface area (Å²) in [5.41, 5.74) is 0. The predicted octanol–water partition coefficient (Wildman–Crippen LogP) is 0.891. The molecule has 5 nitrogen and oxygen atoms in total. The number of imidazole rings is 1. The molecule has 0 radical (unpaired) electrons. The third-order valence-electron chi connectivity index (χ3n) is 2.93. The van der Waals surface area contributed by atoms with Crippen LogP contribution in [0.5, 0.6) is 0 Å². The molecule has 2 rings (SSSR count). The van der Waals surface area contributed by atoms with Crippen molar-refractivity contribution in [3.8, 4) is 0 Å². The average molecular weight is 229 g/mol. The second-order valence-corrected chi connectivity index (χ2v) is 5.90. The molecule has 1 aromatic heterocycles. The molecule has 6 heteroatoms. The quantitative estimate of drug-likeness (QED) is 0.837. The number of hydrogen-bond acceptors (Lipinski definition) is 3. The van der Waals surface area contributed by atoms with Gasteiger partial charge in [0.1, 0.15) is 5.82 Å². The van der Waals surface area contributed by atoms with Crippen LogP contribution >= 0.6 is 0 Å². The molecule has 0 amide bonds. The van der Waals surface area contributed by atoms with Crippen molar-refractivity contribution in [1.82, 2.24) is 14.3 Å². The van der Waals surface area contributed by atoms with Gasteiger partial charge in [-0.1, -0.05) is 6.42 Å². The lowest BCUT2D eigenvalue weighted by molar-refractivity contribution is 0.249. The summed E-state index contributed by atoms with van der Waals surface area (Å²) in [7, 11) is -1.73. The van der Waals surface area contributed by atoms with Crippen LogP contribution in [-0.4, -0.2) is 35.8 Å². The molecule has 0 unspecified atom stereocenters. The van der Waals surface area contributed by atoms with E-state index < -0.39 is 10.0 Å². The number of hydrogen-bond donors (Lipinski definition) is 1. The van der Waals surface area contributed by atoms with Gasteiger partial charge in [-0.15, -0.1) is 0 Å². The molecule has 84 valence electrons. The summed E-state index contributed by atoms with van der Waals surface area (Å²) in [5.74, 6) is 0.621. The van der Waals surface area contributed by atoms with Crippen molar-refractivity contribution in [2.45, 2.75) is 37.3 Å². The summed E-state index contributed by atoms with van der Waals surface area (Å²) in [4.78, 5) is 6.67. The summed E-state index contributed by atoms with van der Waals surface area (Å²) >= 11 is 0. The zero-order chi connectivity index (χ0) is 11.1. The van der Waals surface area contributed by atoms with Gasteiger partial charge < -0.3 is 4.98 Å². The Labute approximate surface area is 89.6 Å². The Balaban J connectivity index is 2.26. The van der Waals surface area contributed by atoms with Gasteiger partial charge in [0.25, 0.3) is 10.0 Å². The molecular weight excluding hydrogens is 214 g/mol. The summed E-state index contributed by atoms with van der Waals surface area (Å²) in [6.07, 6.45) is 4.41. The molecular formula is C9H15N3O2S. The fourth-order valence-electron chi connectivity index (χ4n) is 1.63. The highest BCUT2D eigenvalue weighted by molar-refractivity contribution is 7.89. The molecule has 1 saturated carbocycles. The fraction of sp³-hybridized carbons (Fsp3) is 0.667. The van der Waals surface area contributed by atoms with Crippen LogP contribution in [0.2, 0.25) is 0 Å². The maximum Gasteiger partial charge on any atom is 0.260 e. The van der Waals surface area contributed by atoms with Gasteiger partial charge in [0.05, 0.1) is 6.20 Å². The van der Waals surface area contributed by atoms with Crippen LogP contribution < -0.4 is 0 Å². The van der Waals surface area contributed by atoms with E-state index >= 15 is 0 Å². The monoisotopic (exact) mass is 229 g/mol. The Morgan fingerprint density at radius 2 is 2.20 bits per heavy atom. The zero-order valence-corrected chi connectivity index (χ0v) is 9.71. The van der Waals surface area contributed by atoms with E-state index in [1.807, 2.05) is 0 Å². The smallest absolute Gasteiger partial charge is 0.260 e. The second-order valence-electron chi connectivity index (χ2n) is 3.94. The van der Waals surface area contributed by atoms with Crippen molar-refractivity contribution < 1.29 is 8.42 Å². The van der Waals surface area contributed by atoms with Crippen molar-refractivity contribution in [2.75, 3.05) is 7.05 Å². The van der Waals surface area contributed by atoms with E-state index in [1.54, 1.807) is 14.0 Å². The lowest BCUT2D eigenvalue weighted by Gasteiger charge is -2.33. The summed E-state index contributed by atoms with van der Waals surface area (Å²) in [5, 5.41) is 0.189. The standard InChI is InChI=1S/C9H15N3O2S/c1-7-10-6-9(11-7)15(13,14)12(2)8-4-3-5-8/h6,8H,3-5H2,1-2H3,(H,10,11). The first kappa shape index (κ1) is 10.6. The third-order valence-corrected chi connectivity index (χ3v) is 4.75. The highest BCUT2D eigenvalue weighted by Gasteiger charge is 2.32. The first-order chi connectivity index (χ1) is 7.01. The highest BCUT2D eigenvalue weighted by atomic mass is 32.2. The number of aromatic nitrogens is 2. The van der Waals surface area contributed by atoms with Gasteiger partial charge in [-0.2, -0.15) is 4.31 Å². The van der Waals surface area contributed by atoms with E-state index in [0.717, 1.165) is 19.3 Å². The Hall–Kier alpha value is -0.880. The molecule has 0 aliphatic heterocycles. The van der Waals surface area contributed by atoms with Crippen LogP contribution in [-0.2, 0) is 10.0 Å². The van der Waals surface area contributed by atoms with Gasteiger partial charge >= 0.3 is 0 Å². The third kappa shape index (κ3) is 1.79. The number of H-pyrrole nitrogens is 1. The topological polar surface area (TPSA) is 66.1 Å². The maximum absolute atomic E-state index is 12.0. The molecule has 1 aliphatic rings. The van der Waals surface area contributed by atoms with Crippen LogP contribution in [0.25, 0.3) is 0 Å². The largest absolute Gasteiger partial charge is 0.332 e. The summed E-state index contributed by atoms with van der Waals surface area (Å²) in [6.45, 7) is 1.74. The Kier molecular flexibility index (Phi) is 2.56. The maximum atomic E-state index is 12.0. The summed E-state index contributed by atoms with van der Waals surface area (Å²) < 4.78 is 25.5. The van der Waals surface area contributed by atoms with Gasteiger partial charge in [-0.25, -0.2) is 13.4 Å². The first-order valence-corrected chi connectivity index (χ1v) is 6.45. The van der Waals surface area contributed by atoms with E-state index in [9.17, 15) is 8.42 Å². The minimum absolute atomic E-state index is 0.165. The number of aryl methyl sites for hydroxylation is 1. The molecule has 0 aromatic carbocycles. The molecule has 0 spiro atoms. The van der Waals surface area contributed by atoms with E-state index in [-0.39, 0.29) is 11.1 Å². The van der Waals surface area contributed by atoms with Crippen molar-refractivity contribution in [1.29, 1.82) is 0 Å². The normalized spacial score (nSPS) is 18.1. The van der Waals surface area contributed by atoms with Crippen LogP contribution in [0, 0.1) is 6.92 Å². The van der Waals surface area contributed by atoms with Crippen molar-refractivity contribution in [3.05, 3.63) is 12.0 Å². The van der Waals surface area contributed by atoms with Crippen LogP contribution in [0.4, 0.5) is 0 Å². The number of nitrogens with one attached hydrogen (secondary N) is 1. The van der Waals surface area contributed by atoms with Crippen LogP contribution in [0.1, 0.15) is 25.1 Å². The van der Waals surface area contributed by atoms with E-state index in [1.165, 1.54) is 10.5 Å². The van der Waals surface area contributed by atoms with Crippen LogP contribution in [0.15, 0.2) is 11.2 Å². The zero-order valence-electron chi connectivity index (χ0n) is 8.90. The highest BCUT2D eigenvalue weighted by Crippen LogP contribution is 2.27. The van der Waals surface area contributed by atoms with E-state index in [0.29, 0.717) is 5.82 Å². The number of sulfonamides is 1. The minimum atomic E-state index is -3.36. The fourth-order valence-corrected chi connectivity index (χ4v) is 3.01. The number of rotatable bonds is 3. The van der Waals surface area contributed by atoms with Gasteiger partial charge in [0.15, 0.2) is 5.03 Å². The van der Waals surface area contributed by atoms with Crippen molar-refractivity contribution >= 4 is 10.0 Å². The van der Waals surface area contributed by atoms with Crippen molar-refractivity contribution in [2.24, 2.45) is 0 Å². The van der Waals surface area contributed by atoms with Gasteiger partial charge in [-0.3, -0.25) is 0 Å². The Bertz CT molecular complexity index is 448. The Morgan fingerprint density at radius 1 is 1.53 bits per heavy atom. The van der Waals surface area contributed by atoms with Gasteiger partial charge in [0, 0.05) is 13.1 Å².